The number of carbonyl (C=O) groups excluding carboxylic acids is 1. The van der Waals surface area contributed by atoms with Gasteiger partial charge in [-0.25, -0.2) is 4.79 Å². The molecule has 1 aromatic rings. The predicted molar refractivity (Wildman–Crippen MR) is 52.4 cm³/mol. The zero-order valence-electron chi connectivity index (χ0n) is 7.53. The van der Waals surface area contributed by atoms with Crippen LogP contribution in [0.2, 0.25) is 5.02 Å². The zero-order chi connectivity index (χ0) is 10.7. The normalized spacial score (nSPS) is 12.2. The molecule has 0 saturated heterocycles. The van der Waals surface area contributed by atoms with Gasteiger partial charge in [0.05, 0.1) is 5.02 Å². The van der Waals surface area contributed by atoms with Crippen molar-refractivity contribution in [1.82, 2.24) is 0 Å². The number of aromatic hydroxyl groups is 1. The van der Waals surface area contributed by atoms with Crippen molar-refractivity contribution in [1.29, 1.82) is 0 Å². The van der Waals surface area contributed by atoms with E-state index in [1.165, 1.54) is 25.1 Å². The highest BCUT2D eigenvalue weighted by Gasteiger charge is 2.10. The smallest absolute Gasteiger partial charge is 0.328 e. The van der Waals surface area contributed by atoms with Crippen LogP contribution in [0.25, 0.3) is 0 Å². The second-order valence-corrected chi connectivity index (χ2v) is 3.23. The number of hydrogen-bond donors (Lipinski definition) is 2. The molecule has 76 valence electrons. The molecule has 0 aromatic heterocycles. The zero-order valence-corrected chi connectivity index (χ0v) is 8.28. The fourth-order valence-electron chi connectivity index (χ4n) is 0.760. The van der Waals surface area contributed by atoms with Crippen LogP contribution in [0.5, 0.6) is 11.5 Å². The fraction of sp³-hybridized carbons (Fsp3) is 0.222. The van der Waals surface area contributed by atoms with Crippen LogP contribution in [-0.4, -0.2) is 17.1 Å². The lowest BCUT2D eigenvalue weighted by molar-refractivity contribution is -0.135. The monoisotopic (exact) mass is 215 g/mol. The number of phenolic OH excluding ortho intramolecular Hbond substituents is 1. The van der Waals surface area contributed by atoms with E-state index in [0.717, 1.165) is 0 Å². The number of esters is 1. The summed E-state index contributed by atoms with van der Waals surface area (Å²) in [6.07, 6.45) is 0. The molecule has 3 N–H and O–H groups in total. The summed E-state index contributed by atoms with van der Waals surface area (Å²) < 4.78 is 4.85. The lowest BCUT2D eigenvalue weighted by Crippen LogP contribution is -2.30. The minimum absolute atomic E-state index is 0.0627. The summed E-state index contributed by atoms with van der Waals surface area (Å²) in [5, 5.41) is 9.21. The Kier molecular flexibility index (Phi) is 3.33. The van der Waals surface area contributed by atoms with Crippen LogP contribution in [-0.2, 0) is 4.79 Å². The Morgan fingerprint density at radius 1 is 1.64 bits per heavy atom. The van der Waals surface area contributed by atoms with Gasteiger partial charge in [0.15, 0.2) is 0 Å². The number of carbonyl (C=O) groups is 1. The van der Waals surface area contributed by atoms with Crippen LogP contribution in [0, 0.1) is 0 Å². The Bertz CT molecular complexity index is 352. The van der Waals surface area contributed by atoms with Crippen molar-refractivity contribution in [3.05, 3.63) is 23.2 Å². The Balaban J connectivity index is 2.78. The molecular formula is C9H10ClNO3. The number of benzene rings is 1. The number of ether oxygens (including phenoxy) is 1. The first-order valence-corrected chi connectivity index (χ1v) is 4.34. The second kappa shape index (κ2) is 4.30. The molecule has 0 spiro atoms. The summed E-state index contributed by atoms with van der Waals surface area (Å²) in [5.41, 5.74) is 5.29. The molecule has 0 amide bonds. The van der Waals surface area contributed by atoms with E-state index in [0.29, 0.717) is 0 Å². The van der Waals surface area contributed by atoms with Crippen LogP contribution in [0.1, 0.15) is 6.92 Å². The van der Waals surface area contributed by atoms with Crippen molar-refractivity contribution in [2.75, 3.05) is 0 Å². The summed E-state index contributed by atoms with van der Waals surface area (Å²) >= 11 is 5.60. The molecule has 0 aliphatic heterocycles. The molecule has 0 radical (unpaired) electrons. The average molecular weight is 216 g/mol. The van der Waals surface area contributed by atoms with Gasteiger partial charge < -0.3 is 15.6 Å². The molecule has 0 fully saturated rings. The van der Waals surface area contributed by atoms with Gasteiger partial charge in [-0.15, -0.1) is 0 Å². The molecule has 1 aromatic carbocycles. The first-order valence-electron chi connectivity index (χ1n) is 3.96. The first kappa shape index (κ1) is 10.8. The summed E-state index contributed by atoms with van der Waals surface area (Å²) in [6.45, 7) is 1.52. The van der Waals surface area contributed by atoms with Gasteiger partial charge in [0.25, 0.3) is 0 Å². The van der Waals surface area contributed by atoms with Crippen molar-refractivity contribution in [3.8, 4) is 11.5 Å². The quantitative estimate of drug-likeness (QED) is 0.576. The lowest BCUT2D eigenvalue weighted by Gasteiger charge is -2.07. The fourth-order valence-corrected chi connectivity index (χ4v) is 0.931. The third-order valence-corrected chi connectivity index (χ3v) is 1.81. The molecule has 14 heavy (non-hydrogen) atoms. The Morgan fingerprint density at radius 3 is 2.79 bits per heavy atom. The molecule has 0 heterocycles. The van der Waals surface area contributed by atoms with Gasteiger partial charge in [-0.2, -0.15) is 0 Å². The largest absolute Gasteiger partial charge is 0.506 e. The van der Waals surface area contributed by atoms with Crippen LogP contribution in [0.4, 0.5) is 0 Å². The van der Waals surface area contributed by atoms with E-state index in [1.54, 1.807) is 0 Å². The van der Waals surface area contributed by atoms with Crippen LogP contribution in [0.3, 0.4) is 0 Å². The molecule has 4 nitrogen and oxygen atoms in total. The van der Waals surface area contributed by atoms with Gasteiger partial charge in [0, 0.05) is 6.07 Å². The second-order valence-electron chi connectivity index (χ2n) is 2.82. The number of nitrogens with two attached hydrogens (primary N) is 1. The van der Waals surface area contributed by atoms with Crippen LogP contribution < -0.4 is 10.5 Å². The molecular weight excluding hydrogens is 206 g/mol. The van der Waals surface area contributed by atoms with Crippen molar-refractivity contribution < 1.29 is 14.6 Å². The number of halogens is 1. The van der Waals surface area contributed by atoms with E-state index in [1.807, 2.05) is 0 Å². The van der Waals surface area contributed by atoms with Gasteiger partial charge in [0.1, 0.15) is 17.5 Å². The van der Waals surface area contributed by atoms with Gasteiger partial charge in [-0.1, -0.05) is 11.6 Å². The molecule has 0 bridgehead atoms. The van der Waals surface area contributed by atoms with Gasteiger partial charge in [-0.3, -0.25) is 0 Å². The van der Waals surface area contributed by atoms with E-state index in [-0.39, 0.29) is 16.5 Å². The van der Waals surface area contributed by atoms with E-state index >= 15 is 0 Å². The van der Waals surface area contributed by atoms with E-state index < -0.39 is 12.0 Å². The summed E-state index contributed by atoms with van der Waals surface area (Å²) in [6, 6.07) is 3.42. The Hall–Kier alpha value is -1.26. The van der Waals surface area contributed by atoms with E-state index in [2.05, 4.69) is 0 Å². The minimum Gasteiger partial charge on any atom is -0.506 e. The third kappa shape index (κ3) is 2.61. The first-order chi connectivity index (χ1) is 6.50. The maximum absolute atomic E-state index is 11.1. The maximum Gasteiger partial charge on any atom is 0.328 e. The molecule has 0 aliphatic carbocycles. The van der Waals surface area contributed by atoms with Gasteiger partial charge in [-0.05, 0) is 19.1 Å². The summed E-state index contributed by atoms with van der Waals surface area (Å²) in [4.78, 5) is 11.1. The van der Waals surface area contributed by atoms with Crippen molar-refractivity contribution in [3.63, 3.8) is 0 Å². The highest BCUT2D eigenvalue weighted by molar-refractivity contribution is 6.32. The van der Waals surface area contributed by atoms with Gasteiger partial charge in [0.2, 0.25) is 0 Å². The third-order valence-electron chi connectivity index (χ3n) is 1.51. The molecule has 1 atom stereocenters. The summed E-state index contributed by atoms with van der Waals surface area (Å²) in [7, 11) is 0. The molecule has 0 aliphatic rings. The van der Waals surface area contributed by atoms with Crippen molar-refractivity contribution >= 4 is 17.6 Å². The Morgan fingerprint density at radius 2 is 2.29 bits per heavy atom. The Labute approximate surface area is 86.2 Å². The predicted octanol–water partition coefficient (Wildman–Crippen LogP) is 1.30. The van der Waals surface area contributed by atoms with Crippen molar-refractivity contribution in [2.24, 2.45) is 5.73 Å². The highest BCUT2D eigenvalue weighted by Crippen LogP contribution is 2.27. The van der Waals surface area contributed by atoms with Crippen LogP contribution in [0.15, 0.2) is 18.2 Å². The number of rotatable bonds is 2. The standard InChI is InChI=1S/C9H10ClNO3/c1-5(11)9(13)14-6-2-3-8(12)7(10)4-6/h2-5,12H,11H2,1H3/t5-/m0/s1. The number of phenols is 1. The average Bonchev–Trinajstić information content (AvgIpc) is 2.11. The SMILES string of the molecule is C[C@H](N)C(=O)Oc1ccc(O)c(Cl)c1. The van der Waals surface area contributed by atoms with Gasteiger partial charge >= 0.3 is 5.97 Å². The highest BCUT2D eigenvalue weighted by atomic mass is 35.5. The van der Waals surface area contributed by atoms with Crippen LogP contribution >= 0.6 is 11.6 Å². The molecule has 1 rings (SSSR count). The lowest BCUT2D eigenvalue weighted by atomic mass is 10.3. The number of hydrogen-bond acceptors (Lipinski definition) is 4. The molecule has 5 heteroatoms. The molecule has 0 saturated carbocycles. The summed E-state index contributed by atoms with van der Waals surface area (Å²) in [5.74, 6) is -0.353. The minimum atomic E-state index is -0.692. The van der Waals surface area contributed by atoms with E-state index in [4.69, 9.17) is 27.2 Å². The maximum atomic E-state index is 11.1. The molecule has 0 unspecified atom stereocenters. The van der Waals surface area contributed by atoms with Crippen molar-refractivity contribution in [2.45, 2.75) is 13.0 Å². The topological polar surface area (TPSA) is 72.6 Å². The van der Waals surface area contributed by atoms with E-state index in [9.17, 15) is 4.79 Å².